The van der Waals surface area contributed by atoms with Crippen molar-refractivity contribution in [3.63, 3.8) is 0 Å². The van der Waals surface area contributed by atoms with E-state index in [0.717, 1.165) is 22.6 Å². The van der Waals surface area contributed by atoms with Gasteiger partial charge in [-0.25, -0.2) is 4.68 Å². The van der Waals surface area contributed by atoms with Gasteiger partial charge in [-0.15, -0.1) is 0 Å². The molecular weight excluding hydrogens is 266 g/mol. The maximum atomic E-state index is 11.9. The summed E-state index contributed by atoms with van der Waals surface area (Å²) in [6, 6.07) is 9.49. The quantitative estimate of drug-likeness (QED) is 0.912. The minimum Gasteiger partial charge on any atom is -0.496 e. The highest BCUT2D eigenvalue weighted by Crippen LogP contribution is 2.23. The second-order valence-corrected chi connectivity index (χ2v) is 5.05. The van der Waals surface area contributed by atoms with Crippen LogP contribution in [0.25, 0.3) is 0 Å². The lowest BCUT2D eigenvalue weighted by Crippen LogP contribution is -2.23. The first-order valence-corrected chi connectivity index (χ1v) is 6.94. The van der Waals surface area contributed by atoms with Gasteiger partial charge in [-0.2, -0.15) is 5.10 Å². The maximum absolute atomic E-state index is 11.9. The summed E-state index contributed by atoms with van der Waals surface area (Å²) in [4.78, 5) is 11.9. The molecule has 5 nitrogen and oxygen atoms in total. The van der Waals surface area contributed by atoms with Crippen molar-refractivity contribution in [1.29, 1.82) is 0 Å². The van der Waals surface area contributed by atoms with Gasteiger partial charge >= 0.3 is 0 Å². The minimum atomic E-state index is -0.116. The maximum Gasteiger partial charge on any atom is 0.267 e. The molecule has 0 amide bonds. The molecule has 0 spiro atoms. The average Bonchev–Trinajstić information content (AvgIpc) is 2.50. The van der Waals surface area contributed by atoms with Gasteiger partial charge in [-0.3, -0.25) is 4.79 Å². The van der Waals surface area contributed by atoms with E-state index in [2.05, 4.69) is 23.4 Å². The van der Waals surface area contributed by atoms with Crippen LogP contribution in [0.15, 0.2) is 35.1 Å². The zero-order valence-corrected chi connectivity index (χ0v) is 12.9. The Hall–Kier alpha value is -2.14. The van der Waals surface area contributed by atoms with E-state index in [0.29, 0.717) is 6.54 Å². The smallest absolute Gasteiger partial charge is 0.267 e. The number of nitrogens with one attached hydrogen (secondary N) is 1. The fourth-order valence-corrected chi connectivity index (χ4v) is 2.18. The molecule has 112 valence electrons. The molecule has 1 unspecified atom stereocenters. The van der Waals surface area contributed by atoms with Crippen molar-refractivity contribution < 1.29 is 4.74 Å². The van der Waals surface area contributed by atoms with Crippen molar-refractivity contribution in [2.45, 2.75) is 26.4 Å². The van der Waals surface area contributed by atoms with Crippen LogP contribution in [0.3, 0.4) is 0 Å². The monoisotopic (exact) mass is 287 g/mol. The number of nitrogens with zero attached hydrogens (tertiary/aromatic N) is 2. The van der Waals surface area contributed by atoms with Gasteiger partial charge in [0.2, 0.25) is 0 Å². The number of aryl methyl sites for hydroxylation is 1. The van der Waals surface area contributed by atoms with Gasteiger partial charge in [-0.05, 0) is 44.7 Å². The van der Waals surface area contributed by atoms with Gasteiger partial charge in [0, 0.05) is 17.7 Å². The zero-order valence-electron chi connectivity index (χ0n) is 12.9. The first-order chi connectivity index (χ1) is 10.0. The highest BCUT2D eigenvalue weighted by molar-refractivity contribution is 5.38. The molecule has 2 aromatic rings. The summed E-state index contributed by atoms with van der Waals surface area (Å²) in [6.45, 7) is 4.35. The van der Waals surface area contributed by atoms with E-state index >= 15 is 0 Å². The molecule has 21 heavy (non-hydrogen) atoms. The summed E-state index contributed by atoms with van der Waals surface area (Å²) in [6.07, 6.45) is 0. The molecule has 1 heterocycles. The fraction of sp³-hybridized carbons (Fsp3) is 0.375. The molecular formula is C16H21N3O2. The lowest BCUT2D eigenvalue weighted by atomic mass is 10.0. The van der Waals surface area contributed by atoms with Crippen LogP contribution in [0.4, 0.5) is 0 Å². The molecule has 0 bridgehead atoms. The van der Waals surface area contributed by atoms with Gasteiger partial charge in [0.1, 0.15) is 5.75 Å². The van der Waals surface area contributed by atoms with Crippen LogP contribution in [-0.4, -0.2) is 23.9 Å². The number of methoxy groups -OCH3 is 1. The Kier molecular flexibility index (Phi) is 4.75. The molecule has 1 N–H and O–H groups in total. The highest BCUT2D eigenvalue weighted by atomic mass is 16.5. The predicted molar refractivity (Wildman–Crippen MR) is 82.8 cm³/mol. The van der Waals surface area contributed by atoms with Crippen LogP contribution < -0.4 is 15.6 Å². The molecule has 1 aromatic heterocycles. The summed E-state index contributed by atoms with van der Waals surface area (Å²) >= 11 is 0. The molecule has 5 heteroatoms. The summed E-state index contributed by atoms with van der Waals surface area (Å²) in [7, 11) is 3.55. The van der Waals surface area contributed by atoms with Crippen LogP contribution >= 0.6 is 0 Å². The Balaban J connectivity index is 2.41. The van der Waals surface area contributed by atoms with Gasteiger partial charge in [0.15, 0.2) is 0 Å². The molecule has 1 aromatic carbocycles. The van der Waals surface area contributed by atoms with Gasteiger partial charge in [0.25, 0.3) is 5.56 Å². The van der Waals surface area contributed by atoms with Crippen molar-refractivity contribution in [2.24, 2.45) is 0 Å². The molecule has 0 fully saturated rings. The summed E-state index contributed by atoms with van der Waals surface area (Å²) in [5.41, 5.74) is 2.79. The van der Waals surface area contributed by atoms with Gasteiger partial charge in [0.05, 0.1) is 19.3 Å². The van der Waals surface area contributed by atoms with Crippen LogP contribution in [0.5, 0.6) is 5.75 Å². The molecule has 0 aliphatic heterocycles. The molecule has 2 rings (SSSR count). The largest absolute Gasteiger partial charge is 0.496 e. The SMILES string of the molecule is CNC(C)c1ccc(OC)c(Cn2nc(C)ccc2=O)c1. The average molecular weight is 287 g/mol. The van der Waals surface area contributed by atoms with E-state index < -0.39 is 0 Å². The Morgan fingerprint density at radius 1 is 1.33 bits per heavy atom. The Bertz CT molecular complexity index is 679. The van der Waals surface area contributed by atoms with Crippen LogP contribution in [0.2, 0.25) is 0 Å². The van der Waals surface area contributed by atoms with E-state index in [9.17, 15) is 4.79 Å². The second-order valence-electron chi connectivity index (χ2n) is 5.05. The Labute approximate surface area is 124 Å². The number of rotatable bonds is 5. The van der Waals surface area contributed by atoms with Crippen LogP contribution in [-0.2, 0) is 6.54 Å². The number of hydrogen-bond donors (Lipinski definition) is 1. The first-order valence-electron chi connectivity index (χ1n) is 6.94. The van der Waals surface area contributed by atoms with Crippen LogP contribution in [0, 0.1) is 6.92 Å². The zero-order chi connectivity index (χ0) is 15.4. The number of benzene rings is 1. The third-order valence-electron chi connectivity index (χ3n) is 3.56. The van der Waals surface area contributed by atoms with Crippen LogP contribution in [0.1, 0.15) is 29.8 Å². The number of ether oxygens (including phenoxy) is 1. The standard InChI is InChI=1S/C16H21N3O2/c1-11-5-8-16(20)19(18-11)10-14-9-13(12(2)17-3)6-7-15(14)21-4/h5-9,12,17H,10H2,1-4H3. The first kappa shape index (κ1) is 15.3. The van der Waals surface area contributed by atoms with Gasteiger partial charge in [-0.1, -0.05) is 6.07 Å². The molecule has 0 aliphatic rings. The van der Waals surface area contributed by atoms with Crippen molar-refractivity contribution in [1.82, 2.24) is 15.1 Å². The topological polar surface area (TPSA) is 56.1 Å². The second kappa shape index (κ2) is 6.54. The Morgan fingerprint density at radius 2 is 2.10 bits per heavy atom. The fourth-order valence-electron chi connectivity index (χ4n) is 2.18. The van der Waals surface area contributed by atoms with Crippen molar-refractivity contribution >= 4 is 0 Å². The lowest BCUT2D eigenvalue weighted by Gasteiger charge is -2.15. The van der Waals surface area contributed by atoms with E-state index in [4.69, 9.17) is 4.74 Å². The van der Waals surface area contributed by atoms with E-state index in [1.54, 1.807) is 13.2 Å². The summed E-state index contributed by atoms with van der Waals surface area (Å²) < 4.78 is 6.85. The molecule has 0 saturated heterocycles. The summed E-state index contributed by atoms with van der Waals surface area (Å²) in [5, 5.41) is 7.48. The molecule has 0 saturated carbocycles. The Morgan fingerprint density at radius 3 is 2.76 bits per heavy atom. The summed E-state index contributed by atoms with van der Waals surface area (Å²) in [5.74, 6) is 0.761. The normalized spacial score (nSPS) is 12.2. The minimum absolute atomic E-state index is 0.116. The number of aromatic nitrogens is 2. The van der Waals surface area contributed by atoms with E-state index in [1.165, 1.54) is 10.7 Å². The van der Waals surface area contributed by atoms with Crippen molar-refractivity contribution in [2.75, 3.05) is 14.2 Å². The van der Waals surface area contributed by atoms with Crippen molar-refractivity contribution in [3.05, 3.63) is 57.5 Å². The molecule has 1 atom stereocenters. The lowest BCUT2D eigenvalue weighted by molar-refractivity contribution is 0.406. The predicted octanol–water partition coefficient (Wildman–Crippen LogP) is 1.89. The van der Waals surface area contributed by atoms with Crippen molar-refractivity contribution in [3.8, 4) is 5.75 Å². The molecule has 0 aliphatic carbocycles. The third kappa shape index (κ3) is 3.49. The number of hydrogen-bond acceptors (Lipinski definition) is 4. The third-order valence-corrected chi connectivity index (χ3v) is 3.56. The van der Waals surface area contributed by atoms with E-state index in [-0.39, 0.29) is 11.6 Å². The highest BCUT2D eigenvalue weighted by Gasteiger charge is 2.10. The van der Waals surface area contributed by atoms with E-state index in [1.807, 2.05) is 26.1 Å². The van der Waals surface area contributed by atoms with Gasteiger partial charge < -0.3 is 10.1 Å². The molecule has 0 radical (unpaired) electrons.